The lowest BCUT2D eigenvalue weighted by Gasteiger charge is -2.17. The molecule has 1 aromatic carbocycles. The highest BCUT2D eigenvalue weighted by Gasteiger charge is 2.11. The van der Waals surface area contributed by atoms with Gasteiger partial charge in [-0.05, 0) is 51.0 Å². The van der Waals surface area contributed by atoms with Crippen molar-refractivity contribution in [3.05, 3.63) is 51.9 Å². The van der Waals surface area contributed by atoms with Gasteiger partial charge in [0.15, 0.2) is 0 Å². The monoisotopic (exact) mass is 335 g/mol. The molecule has 0 fully saturated rings. The van der Waals surface area contributed by atoms with Crippen molar-refractivity contribution < 1.29 is 4.42 Å². The number of furan rings is 1. The van der Waals surface area contributed by atoms with Gasteiger partial charge in [0, 0.05) is 5.69 Å². The molecule has 0 bridgehead atoms. The maximum Gasteiger partial charge on any atom is 0.136 e. The Morgan fingerprint density at radius 3 is 2.40 bits per heavy atom. The highest BCUT2D eigenvalue weighted by Crippen LogP contribution is 2.29. The zero-order valence-electron chi connectivity index (χ0n) is 12.5. The molecule has 0 aliphatic rings. The van der Waals surface area contributed by atoms with Crippen molar-refractivity contribution in [2.75, 3.05) is 5.32 Å². The van der Waals surface area contributed by atoms with E-state index in [4.69, 9.17) is 4.42 Å². The summed E-state index contributed by atoms with van der Waals surface area (Å²) < 4.78 is 6.45. The maximum absolute atomic E-state index is 5.44. The van der Waals surface area contributed by atoms with Gasteiger partial charge < -0.3 is 9.73 Å². The van der Waals surface area contributed by atoms with Crippen LogP contribution in [0.5, 0.6) is 0 Å². The first kappa shape index (κ1) is 15.2. The van der Waals surface area contributed by atoms with Gasteiger partial charge in [-0.2, -0.15) is 0 Å². The van der Waals surface area contributed by atoms with E-state index in [-0.39, 0.29) is 0 Å². The molecular formula is C17H22BrNO. The maximum atomic E-state index is 5.44. The molecule has 0 saturated heterocycles. The van der Waals surface area contributed by atoms with Gasteiger partial charge in [0.1, 0.15) is 5.76 Å². The van der Waals surface area contributed by atoms with Gasteiger partial charge in [-0.1, -0.05) is 39.8 Å². The van der Waals surface area contributed by atoms with Crippen LogP contribution < -0.4 is 5.32 Å². The van der Waals surface area contributed by atoms with Gasteiger partial charge in [-0.25, -0.2) is 0 Å². The van der Waals surface area contributed by atoms with Crippen LogP contribution in [0.15, 0.2) is 39.4 Å². The van der Waals surface area contributed by atoms with Crippen LogP contribution in [-0.2, 0) is 6.54 Å². The third kappa shape index (κ3) is 3.45. The summed E-state index contributed by atoms with van der Waals surface area (Å²) in [5.41, 5.74) is 3.94. The van der Waals surface area contributed by atoms with Crippen molar-refractivity contribution in [1.82, 2.24) is 0 Å². The second-order valence-corrected chi connectivity index (χ2v) is 6.56. The topological polar surface area (TPSA) is 25.2 Å². The van der Waals surface area contributed by atoms with Crippen LogP contribution in [0.1, 0.15) is 56.4 Å². The van der Waals surface area contributed by atoms with Crippen LogP contribution in [0.25, 0.3) is 0 Å². The van der Waals surface area contributed by atoms with Crippen LogP contribution >= 0.6 is 15.9 Å². The first-order valence-electron chi connectivity index (χ1n) is 7.08. The molecule has 0 saturated carbocycles. The third-order valence-electron chi connectivity index (χ3n) is 3.49. The van der Waals surface area contributed by atoms with Gasteiger partial charge in [0.05, 0.1) is 17.3 Å². The number of benzene rings is 1. The van der Waals surface area contributed by atoms with Crippen molar-refractivity contribution >= 4 is 21.6 Å². The Hall–Kier alpha value is -1.22. The smallest absolute Gasteiger partial charge is 0.136 e. The number of rotatable bonds is 5. The van der Waals surface area contributed by atoms with E-state index < -0.39 is 0 Å². The van der Waals surface area contributed by atoms with E-state index in [1.807, 2.05) is 6.07 Å². The quantitative estimate of drug-likeness (QED) is 0.735. The highest BCUT2D eigenvalue weighted by molar-refractivity contribution is 9.10. The van der Waals surface area contributed by atoms with Crippen molar-refractivity contribution in [3.63, 3.8) is 0 Å². The zero-order chi connectivity index (χ0) is 14.7. The van der Waals surface area contributed by atoms with E-state index >= 15 is 0 Å². The largest absolute Gasteiger partial charge is 0.466 e. The molecule has 20 heavy (non-hydrogen) atoms. The molecule has 0 unspecified atom stereocenters. The average molecular weight is 336 g/mol. The van der Waals surface area contributed by atoms with Crippen molar-refractivity contribution in [3.8, 4) is 0 Å². The molecule has 2 rings (SSSR count). The first-order valence-corrected chi connectivity index (χ1v) is 7.88. The minimum Gasteiger partial charge on any atom is -0.466 e. The second-order valence-electron chi connectivity index (χ2n) is 5.70. The van der Waals surface area contributed by atoms with Gasteiger partial charge in [0.2, 0.25) is 0 Å². The van der Waals surface area contributed by atoms with Gasteiger partial charge in [-0.15, -0.1) is 0 Å². The highest BCUT2D eigenvalue weighted by atomic mass is 79.9. The Morgan fingerprint density at radius 2 is 1.85 bits per heavy atom. The standard InChI is InChI=1S/C17H22BrNO/c1-11(2)13-5-6-16(14(9-13)12(3)4)19-10-17-15(18)7-8-20-17/h5-9,11-12,19H,10H2,1-4H3. The van der Waals surface area contributed by atoms with Gasteiger partial charge in [-0.3, -0.25) is 0 Å². The van der Waals surface area contributed by atoms with Crippen LogP contribution in [0.2, 0.25) is 0 Å². The molecule has 1 N–H and O–H groups in total. The molecule has 0 aliphatic carbocycles. The lowest BCUT2D eigenvalue weighted by Crippen LogP contribution is -2.04. The van der Waals surface area contributed by atoms with E-state index in [1.54, 1.807) is 6.26 Å². The van der Waals surface area contributed by atoms with Gasteiger partial charge in [0.25, 0.3) is 0 Å². The van der Waals surface area contributed by atoms with Crippen molar-refractivity contribution in [2.24, 2.45) is 0 Å². The number of hydrogen-bond acceptors (Lipinski definition) is 2. The molecule has 0 spiro atoms. The Labute approximate surface area is 129 Å². The minimum atomic E-state index is 0.497. The summed E-state index contributed by atoms with van der Waals surface area (Å²) in [6, 6.07) is 8.62. The molecular weight excluding hydrogens is 314 g/mol. The summed E-state index contributed by atoms with van der Waals surface area (Å²) in [6.07, 6.45) is 1.70. The van der Waals surface area contributed by atoms with Crippen LogP contribution in [0.4, 0.5) is 5.69 Å². The summed E-state index contributed by atoms with van der Waals surface area (Å²) in [5.74, 6) is 1.98. The number of nitrogens with one attached hydrogen (secondary N) is 1. The lowest BCUT2D eigenvalue weighted by molar-refractivity contribution is 0.516. The van der Waals surface area contributed by atoms with Gasteiger partial charge >= 0.3 is 0 Å². The molecule has 0 amide bonds. The lowest BCUT2D eigenvalue weighted by atomic mass is 9.94. The summed E-state index contributed by atoms with van der Waals surface area (Å²) in [5, 5.41) is 3.48. The first-order chi connectivity index (χ1) is 9.49. The van der Waals surface area contributed by atoms with Crippen LogP contribution in [0, 0.1) is 0 Å². The second kappa shape index (κ2) is 6.49. The number of halogens is 1. The van der Waals surface area contributed by atoms with E-state index in [2.05, 4.69) is 67.1 Å². The van der Waals surface area contributed by atoms with Crippen LogP contribution in [0.3, 0.4) is 0 Å². The number of anilines is 1. The predicted molar refractivity (Wildman–Crippen MR) is 88.4 cm³/mol. The van der Waals surface area contributed by atoms with Crippen molar-refractivity contribution in [1.29, 1.82) is 0 Å². The predicted octanol–water partition coefficient (Wildman–Crippen LogP) is 5.90. The SMILES string of the molecule is CC(C)c1ccc(NCc2occc2Br)c(C(C)C)c1. The average Bonchev–Trinajstić information content (AvgIpc) is 2.81. The molecule has 108 valence electrons. The zero-order valence-corrected chi connectivity index (χ0v) is 14.1. The minimum absolute atomic E-state index is 0.497. The molecule has 3 heteroatoms. The Balaban J connectivity index is 2.20. The Kier molecular flexibility index (Phi) is 4.92. The fourth-order valence-corrected chi connectivity index (χ4v) is 2.55. The van der Waals surface area contributed by atoms with E-state index in [1.165, 1.54) is 16.8 Å². The molecule has 2 nitrogen and oxygen atoms in total. The molecule has 1 aromatic heterocycles. The summed E-state index contributed by atoms with van der Waals surface area (Å²) in [6.45, 7) is 9.61. The molecule has 1 heterocycles. The van der Waals surface area contributed by atoms with E-state index in [0.29, 0.717) is 18.4 Å². The van der Waals surface area contributed by atoms with Crippen molar-refractivity contribution in [2.45, 2.75) is 46.1 Å². The molecule has 2 aromatic rings. The fraction of sp³-hybridized carbons (Fsp3) is 0.412. The molecule has 0 aliphatic heterocycles. The van der Waals surface area contributed by atoms with E-state index in [0.717, 1.165) is 10.2 Å². The number of hydrogen-bond donors (Lipinski definition) is 1. The van der Waals surface area contributed by atoms with E-state index in [9.17, 15) is 0 Å². The summed E-state index contributed by atoms with van der Waals surface area (Å²) in [7, 11) is 0. The normalized spacial score (nSPS) is 11.3. The fourth-order valence-electron chi connectivity index (χ4n) is 2.21. The summed E-state index contributed by atoms with van der Waals surface area (Å²) in [4.78, 5) is 0. The Bertz CT molecular complexity index is 572. The molecule has 0 radical (unpaired) electrons. The third-order valence-corrected chi connectivity index (χ3v) is 4.20. The van der Waals surface area contributed by atoms with Crippen LogP contribution in [-0.4, -0.2) is 0 Å². The Morgan fingerprint density at radius 1 is 1.10 bits per heavy atom. The summed E-state index contributed by atoms with van der Waals surface area (Å²) >= 11 is 3.48. The molecule has 0 atom stereocenters.